The van der Waals surface area contributed by atoms with Crippen molar-refractivity contribution in [1.29, 1.82) is 0 Å². The standard InChI is InChI=1S/C93H146N6/c1-94(2,3)65-41-25-19-35-59-91(60-36-20-26-42-66-95(4,5)6)85-49-33-31-47-79(85)81-55-51-75(71-87(81)91)77-53-57-83-84-58-54-78(74-90(84)93(89(83)73-77,63-39-23-29-45-69-98(13,14)15)64-40-24-30-46-70-99(16,17)18)76-52-56-82-80-48-32-34-50-86(80)92(88(82)72-76,61-37-21-27-43-67-96(7,8)9)62-38-22-28-44-68-97(10,11)12/h31-34,47-58,71-74H,19-30,35-46,59-70H2,1-18H3/q+6. The Morgan fingerprint density at radius 3 is 0.556 bits per heavy atom. The minimum atomic E-state index is -0.0835. The predicted molar refractivity (Wildman–Crippen MR) is 432 cm³/mol. The van der Waals surface area contributed by atoms with E-state index in [1.165, 1.54) is 288 Å². The number of rotatable bonds is 44. The summed E-state index contributed by atoms with van der Waals surface area (Å²) in [5.41, 5.74) is 24.1. The lowest BCUT2D eigenvalue weighted by Crippen LogP contribution is -2.35. The zero-order chi connectivity index (χ0) is 71.3. The quantitative estimate of drug-likeness (QED) is 0.0264. The molecule has 3 aliphatic rings. The van der Waals surface area contributed by atoms with Crippen LogP contribution < -0.4 is 0 Å². The van der Waals surface area contributed by atoms with Crippen LogP contribution in [0, 0.1) is 0 Å². The molecule has 0 fully saturated rings. The van der Waals surface area contributed by atoms with Gasteiger partial charge >= 0.3 is 0 Å². The first kappa shape index (κ1) is 78.2. The number of nitrogens with zero attached hydrogens (tertiary/aromatic N) is 6. The molecule has 0 heterocycles. The largest absolute Gasteiger partial charge is 0.331 e. The van der Waals surface area contributed by atoms with Crippen LogP contribution >= 0.6 is 0 Å². The van der Waals surface area contributed by atoms with Crippen molar-refractivity contribution in [2.75, 3.05) is 166 Å². The average Bonchev–Trinajstić information content (AvgIpc) is 1.57. The van der Waals surface area contributed by atoms with E-state index in [0.717, 1.165) is 26.9 Å². The number of fused-ring (bicyclic) bond motifs is 9. The van der Waals surface area contributed by atoms with Crippen LogP contribution in [-0.2, 0) is 16.2 Å². The van der Waals surface area contributed by atoms with Crippen LogP contribution in [-0.4, -0.2) is 193 Å². The topological polar surface area (TPSA) is 0 Å². The normalized spacial score (nSPS) is 15.3. The second kappa shape index (κ2) is 33.7. The minimum absolute atomic E-state index is 0.0176. The fraction of sp³-hybridized carbons (Fsp3) is 0.613. The zero-order valence-corrected chi connectivity index (χ0v) is 67.2. The third-order valence-corrected chi connectivity index (χ3v) is 23.7. The molecule has 0 radical (unpaired) electrons. The van der Waals surface area contributed by atoms with Gasteiger partial charge in [0.25, 0.3) is 0 Å². The van der Waals surface area contributed by atoms with Gasteiger partial charge in [-0.05, 0) is 229 Å². The van der Waals surface area contributed by atoms with E-state index in [1.807, 2.05) is 0 Å². The lowest BCUT2D eigenvalue weighted by Gasteiger charge is -2.34. The first-order valence-electron chi connectivity index (χ1n) is 40.4. The van der Waals surface area contributed by atoms with E-state index < -0.39 is 0 Å². The first-order chi connectivity index (χ1) is 46.8. The monoisotopic (exact) mass is 1350 g/mol. The van der Waals surface area contributed by atoms with E-state index in [4.69, 9.17) is 0 Å². The Kier molecular flexibility index (Phi) is 26.6. The summed E-state index contributed by atoms with van der Waals surface area (Å²) in [5, 5.41) is 0. The van der Waals surface area contributed by atoms with Crippen molar-refractivity contribution in [3.8, 4) is 55.6 Å². The van der Waals surface area contributed by atoms with Crippen molar-refractivity contribution in [1.82, 2.24) is 0 Å². The van der Waals surface area contributed by atoms with Gasteiger partial charge in [0.2, 0.25) is 0 Å². The predicted octanol–water partition coefficient (Wildman–Crippen LogP) is 21.8. The average molecular weight is 1350 g/mol. The van der Waals surface area contributed by atoms with Gasteiger partial charge in [-0.2, -0.15) is 0 Å². The molecule has 0 saturated heterocycles. The molecule has 0 atom stereocenters. The van der Waals surface area contributed by atoms with Gasteiger partial charge in [0.1, 0.15) is 0 Å². The highest BCUT2D eigenvalue weighted by Gasteiger charge is 2.46. The summed E-state index contributed by atoms with van der Waals surface area (Å²) in [4.78, 5) is 0. The molecule has 0 bridgehead atoms. The van der Waals surface area contributed by atoms with E-state index in [1.54, 1.807) is 33.4 Å². The Hall–Kier alpha value is -4.92. The molecule has 0 amide bonds. The second-order valence-electron chi connectivity index (χ2n) is 38.4. The van der Waals surface area contributed by atoms with Crippen LogP contribution in [0.5, 0.6) is 0 Å². The Labute approximate surface area is 608 Å². The summed E-state index contributed by atoms with van der Waals surface area (Å²) in [6, 6.07) is 50.8. The third kappa shape index (κ3) is 21.1. The highest BCUT2D eigenvalue weighted by atomic mass is 15.3. The van der Waals surface area contributed by atoms with Crippen LogP contribution in [0.2, 0.25) is 0 Å². The summed E-state index contributed by atoms with van der Waals surface area (Å²) >= 11 is 0. The molecule has 0 saturated carbocycles. The van der Waals surface area contributed by atoms with Crippen molar-refractivity contribution < 1.29 is 26.9 Å². The van der Waals surface area contributed by atoms with Crippen molar-refractivity contribution in [3.63, 3.8) is 0 Å². The molecule has 9 rings (SSSR count). The van der Waals surface area contributed by atoms with Gasteiger partial charge in [-0.1, -0.05) is 174 Å². The summed E-state index contributed by atoms with van der Waals surface area (Å²) in [7, 11) is 42.4. The highest BCUT2D eigenvalue weighted by molar-refractivity contribution is 5.89. The molecule has 3 aliphatic carbocycles. The molecule has 0 N–H and O–H groups in total. The molecule has 0 unspecified atom stereocenters. The molecular weight excluding hydrogens is 1200 g/mol. The van der Waals surface area contributed by atoms with Gasteiger partial charge in [-0.15, -0.1) is 0 Å². The Balaban J connectivity index is 1.13. The Morgan fingerprint density at radius 2 is 0.354 bits per heavy atom. The van der Waals surface area contributed by atoms with Gasteiger partial charge in [0.05, 0.1) is 166 Å². The lowest BCUT2D eigenvalue weighted by molar-refractivity contribution is -0.870. The van der Waals surface area contributed by atoms with Crippen LogP contribution in [0.15, 0.2) is 121 Å². The molecule has 6 aromatic carbocycles. The molecule has 6 aromatic rings. The second-order valence-corrected chi connectivity index (χ2v) is 38.4. The summed E-state index contributed by atoms with van der Waals surface area (Å²) in [6.45, 7) is 7.46. The van der Waals surface area contributed by atoms with E-state index >= 15 is 0 Å². The molecule has 0 aliphatic heterocycles. The molecule has 6 nitrogen and oxygen atoms in total. The maximum atomic E-state index is 2.77. The van der Waals surface area contributed by atoms with Crippen molar-refractivity contribution in [2.24, 2.45) is 0 Å². The van der Waals surface area contributed by atoms with Gasteiger partial charge < -0.3 is 26.9 Å². The van der Waals surface area contributed by atoms with E-state index in [9.17, 15) is 0 Å². The number of quaternary nitrogens is 6. The van der Waals surface area contributed by atoms with Crippen molar-refractivity contribution in [2.45, 2.75) is 209 Å². The molecular formula is C93H146N6+6. The molecule has 6 heteroatoms. The lowest BCUT2D eigenvalue weighted by atomic mass is 9.69. The van der Waals surface area contributed by atoms with Gasteiger partial charge in [-0.3, -0.25) is 0 Å². The highest BCUT2D eigenvalue weighted by Crippen LogP contribution is 2.59. The SMILES string of the molecule is C[N+](C)(C)CCCCCCC1(CCCCCC[N+](C)(C)C)c2ccccc2-c2ccc(-c3ccc4c(c3)C(CCCCCC[N+](C)(C)C)(CCCCCC[N+](C)(C)C)c3cc(-c5ccc6c(c5)C(CCCCCC[N+](C)(C)C)(CCCCCC[N+](C)(C)C)c5ccccc5-6)ccc3-4)cc21. The number of hydrogen-bond donors (Lipinski definition) is 0. The summed E-state index contributed by atoms with van der Waals surface area (Å²) in [6.07, 6.45) is 38.4. The van der Waals surface area contributed by atoms with E-state index in [2.05, 4.69) is 248 Å². The fourth-order valence-corrected chi connectivity index (χ4v) is 18.3. The summed E-state index contributed by atoms with van der Waals surface area (Å²) in [5.74, 6) is 0. The fourth-order valence-electron chi connectivity index (χ4n) is 18.3. The summed E-state index contributed by atoms with van der Waals surface area (Å²) < 4.78 is 6.28. The van der Waals surface area contributed by atoms with Gasteiger partial charge in [0.15, 0.2) is 0 Å². The van der Waals surface area contributed by atoms with E-state index in [0.29, 0.717) is 0 Å². The number of benzene rings is 6. The Bertz CT molecular complexity index is 3240. The minimum Gasteiger partial charge on any atom is -0.331 e. The number of hydrogen-bond acceptors (Lipinski definition) is 0. The maximum absolute atomic E-state index is 2.77. The number of unbranched alkanes of at least 4 members (excludes halogenated alkanes) is 18. The molecule has 99 heavy (non-hydrogen) atoms. The third-order valence-electron chi connectivity index (χ3n) is 23.7. The van der Waals surface area contributed by atoms with Crippen molar-refractivity contribution in [3.05, 3.63) is 155 Å². The first-order valence-corrected chi connectivity index (χ1v) is 40.4. The Morgan fingerprint density at radius 1 is 0.182 bits per heavy atom. The van der Waals surface area contributed by atoms with Crippen molar-refractivity contribution >= 4 is 0 Å². The van der Waals surface area contributed by atoms with Crippen LogP contribution in [0.3, 0.4) is 0 Å². The zero-order valence-electron chi connectivity index (χ0n) is 67.2. The molecule has 0 spiro atoms. The maximum Gasteiger partial charge on any atom is 0.0780 e. The van der Waals surface area contributed by atoms with E-state index in [-0.39, 0.29) is 16.2 Å². The molecule has 542 valence electrons. The van der Waals surface area contributed by atoms with Crippen LogP contribution in [0.4, 0.5) is 0 Å². The van der Waals surface area contributed by atoms with Crippen LogP contribution in [0.25, 0.3) is 55.6 Å². The van der Waals surface area contributed by atoms with Crippen LogP contribution in [0.1, 0.15) is 226 Å². The smallest absolute Gasteiger partial charge is 0.0780 e. The van der Waals surface area contributed by atoms with Gasteiger partial charge in [-0.25, -0.2) is 0 Å². The molecule has 0 aromatic heterocycles. The van der Waals surface area contributed by atoms with Gasteiger partial charge in [0, 0.05) is 16.2 Å².